The number of carbonyl (C=O) groups excluding carboxylic acids is 2. The van der Waals surface area contributed by atoms with Crippen LogP contribution in [0.5, 0.6) is 5.75 Å². The van der Waals surface area contributed by atoms with Crippen LogP contribution in [0.1, 0.15) is 33.3 Å². The van der Waals surface area contributed by atoms with Gasteiger partial charge in [0.15, 0.2) is 0 Å². The highest BCUT2D eigenvalue weighted by atomic mass is 35.5. The summed E-state index contributed by atoms with van der Waals surface area (Å²) >= 11 is 18.3. The third kappa shape index (κ3) is 8.52. The number of methoxy groups -OCH3 is 1. The molecule has 41 heavy (non-hydrogen) atoms. The normalized spacial score (nSPS) is 12.4. The van der Waals surface area contributed by atoms with E-state index in [2.05, 4.69) is 5.32 Å². The van der Waals surface area contributed by atoms with E-state index in [1.165, 1.54) is 60.5 Å². The summed E-state index contributed by atoms with van der Waals surface area (Å²) in [6.07, 6.45) is 0. The van der Waals surface area contributed by atoms with Crippen LogP contribution in [0.2, 0.25) is 15.1 Å². The lowest BCUT2D eigenvalue weighted by atomic mass is 10.1. The summed E-state index contributed by atoms with van der Waals surface area (Å²) in [5.41, 5.74) is 0.274. The van der Waals surface area contributed by atoms with Crippen LogP contribution in [-0.4, -0.2) is 50.4 Å². The van der Waals surface area contributed by atoms with E-state index in [1.807, 2.05) is 20.8 Å². The summed E-state index contributed by atoms with van der Waals surface area (Å²) in [6.45, 7) is 6.45. The number of anilines is 1. The fourth-order valence-corrected chi connectivity index (χ4v) is 5.76. The van der Waals surface area contributed by atoms with Gasteiger partial charge < -0.3 is 15.0 Å². The average molecular weight is 641 g/mol. The maximum atomic E-state index is 14.0. The molecule has 1 atom stereocenters. The van der Waals surface area contributed by atoms with E-state index in [9.17, 15) is 18.0 Å². The summed E-state index contributed by atoms with van der Waals surface area (Å²) in [5, 5.41) is 3.90. The van der Waals surface area contributed by atoms with Crippen LogP contribution in [0.25, 0.3) is 0 Å². The van der Waals surface area contributed by atoms with E-state index >= 15 is 0 Å². The Morgan fingerprint density at radius 2 is 1.54 bits per heavy atom. The molecule has 3 aromatic carbocycles. The number of nitrogens with one attached hydrogen (secondary N) is 1. The van der Waals surface area contributed by atoms with Crippen molar-refractivity contribution in [2.75, 3.05) is 18.0 Å². The zero-order chi connectivity index (χ0) is 30.5. The molecule has 8 nitrogen and oxygen atoms in total. The van der Waals surface area contributed by atoms with Crippen LogP contribution in [-0.2, 0) is 26.2 Å². The molecule has 0 saturated carbocycles. The number of benzene rings is 3. The van der Waals surface area contributed by atoms with Crippen molar-refractivity contribution in [3.63, 3.8) is 0 Å². The molecule has 0 bridgehead atoms. The van der Waals surface area contributed by atoms with Gasteiger partial charge >= 0.3 is 0 Å². The van der Waals surface area contributed by atoms with Gasteiger partial charge in [0.25, 0.3) is 10.0 Å². The van der Waals surface area contributed by atoms with Crippen LogP contribution in [0.3, 0.4) is 0 Å². The number of amides is 2. The predicted molar refractivity (Wildman–Crippen MR) is 163 cm³/mol. The predicted octanol–water partition coefficient (Wildman–Crippen LogP) is 6.18. The number of hydrogen-bond acceptors (Lipinski definition) is 5. The Hall–Kier alpha value is -2.98. The van der Waals surface area contributed by atoms with Crippen molar-refractivity contribution in [1.29, 1.82) is 0 Å². The van der Waals surface area contributed by atoms with Crippen LogP contribution in [0, 0.1) is 0 Å². The van der Waals surface area contributed by atoms with Crippen molar-refractivity contribution in [3.05, 3.63) is 87.4 Å². The number of hydrogen-bond donors (Lipinski definition) is 1. The topological polar surface area (TPSA) is 96.0 Å². The highest BCUT2D eigenvalue weighted by Crippen LogP contribution is 2.28. The van der Waals surface area contributed by atoms with Gasteiger partial charge in [-0.05, 0) is 93.9 Å². The molecule has 0 radical (unpaired) electrons. The van der Waals surface area contributed by atoms with Gasteiger partial charge in [-0.25, -0.2) is 8.42 Å². The third-order valence-corrected chi connectivity index (χ3v) is 8.82. The number of ether oxygens (including phenoxy) is 1. The van der Waals surface area contributed by atoms with Crippen LogP contribution in [0.15, 0.2) is 71.6 Å². The van der Waals surface area contributed by atoms with Gasteiger partial charge in [-0.2, -0.15) is 0 Å². The molecule has 12 heteroatoms. The summed E-state index contributed by atoms with van der Waals surface area (Å²) < 4.78 is 33.9. The van der Waals surface area contributed by atoms with Crippen molar-refractivity contribution in [2.45, 2.75) is 50.7 Å². The van der Waals surface area contributed by atoms with Crippen LogP contribution in [0.4, 0.5) is 5.69 Å². The standard InChI is InChI=1S/C29H32Cl3N3O5S/c1-19(28(37)33-29(2,3)4)34(17-20-6-15-25(31)26(32)16-20)27(36)18-35(22-9-7-21(30)8-10-22)41(38,39)24-13-11-23(40-5)12-14-24/h6-16,19H,17-18H2,1-5H3,(H,33,37)/t19-/m0/s1. The second kappa shape index (κ2) is 13.3. The maximum absolute atomic E-state index is 14.0. The Labute approximate surface area is 256 Å². The monoisotopic (exact) mass is 639 g/mol. The zero-order valence-electron chi connectivity index (χ0n) is 23.3. The fourth-order valence-electron chi connectivity index (χ4n) is 3.90. The zero-order valence-corrected chi connectivity index (χ0v) is 26.4. The molecule has 220 valence electrons. The molecule has 3 aromatic rings. The van der Waals surface area contributed by atoms with Gasteiger partial charge in [0.2, 0.25) is 11.8 Å². The van der Waals surface area contributed by atoms with E-state index < -0.39 is 40.0 Å². The van der Waals surface area contributed by atoms with E-state index in [0.29, 0.717) is 21.4 Å². The van der Waals surface area contributed by atoms with Crippen molar-refractivity contribution >= 4 is 62.3 Å². The lowest BCUT2D eigenvalue weighted by Gasteiger charge is -2.33. The second-order valence-corrected chi connectivity index (χ2v) is 13.5. The van der Waals surface area contributed by atoms with Gasteiger partial charge in [0.05, 0.1) is 27.7 Å². The Bertz CT molecular complexity index is 1490. The van der Waals surface area contributed by atoms with Crippen molar-refractivity contribution in [2.24, 2.45) is 0 Å². The molecule has 3 rings (SSSR count). The molecular weight excluding hydrogens is 609 g/mol. The SMILES string of the molecule is COc1ccc(S(=O)(=O)N(CC(=O)N(Cc2ccc(Cl)c(Cl)c2)[C@@H](C)C(=O)NC(C)(C)C)c2ccc(Cl)cc2)cc1. The van der Waals surface area contributed by atoms with E-state index in [0.717, 1.165) is 4.31 Å². The average Bonchev–Trinajstić information content (AvgIpc) is 2.91. The Kier molecular flexibility index (Phi) is 10.6. The summed E-state index contributed by atoms with van der Waals surface area (Å²) in [5.74, 6) is -0.536. The van der Waals surface area contributed by atoms with Gasteiger partial charge in [-0.15, -0.1) is 0 Å². The molecule has 0 aliphatic carbocycles. The number of carbonyl (C=O) groups is 2. The van der Waals surface area contributed by atoms with E-state index in [-0.39, 0.29) is 22.2 Å². The Morgan fingerprint density at radius 1 is 0.927 bits per heavy atom. The van der Waals surface area contributed by atoms with Crippen LogP contribution < -0.4 is 14.4 Å². The summed E-state index contributed by atoms with van der Waals surface area (Å²) in [7, 11) is -2.76. The van der Waals surface area contributed by atoms with Crippen molar-refractivity contribution in [1.82, 2.24) is 10.2 Å². The van der Waals surface area contributed by atoms with Gasteiger partial charge in [-0.1, -0.05) is 40.9 Å². The fraction of sp³-hybridized carbons (Fsp3) is 0.310. The highest BCUT2D eigenvalue weighted by molar-refractivity contribution is 7.92. The molecule has 2 amide bonds. The molecule has 0 spiro atoms. The van der Waals surface area contributed by atoms with Gasteiger partial charge in [0, 0.05) is 17.1 Å². The molecular formula is C29H32Cl3N3O5S. The minimum Gasteiger partial charge on any atom is -0.497 e. The number of rotatable bonds is 10. The minimum absolute atomic E-state index is 0.0223. The van der Waals surface area contributed by atoms with E-state index in [4.69, 9.17) is 39.5 Å². The second-order valence-electron chi connectivity index (χ2n) is 10.3. The molecule has 0 aliphatic rings. The Morgan fingerprint density at radius 3 is 2.07 bits per heavy atom. The third-order valence-electron chi connectivity index (χ3n) is 6.04. The lowest BCUT2D eigenvalue weighted by molar-refractivity contribution is -0.140. The number of nitrogens with zero attached hydrogens (tertiary/aromatic N) is 2. The minimum atomic E-state index is -4.23. The quantitative estimate of drug-likeness (QED) is 0.286. The molecule has 0 saturated heterocycles. The van der Waals surface area contributed by atoms with Crippen molar-refractivity contribution in [3.8, 4) is 5.75 Å². The molecule has 1 N–H and O–H groups in total. The summed E-state index contributed by atoms with van der Waals surface area (Å²) in [6, 6.07) is 15.8. The largest absolute Gasteiger partial charge is 0.497 e. The molecule has 0 aliphatic heterocycles. The first kappa shape index (κ1) is 32.5. The smallest absolute Gasteiger partial charge is 0.264 e. The van der Waals surface area contributed by atoms with Crippen LogP contribution >= 0.6 is 34.8 Å². The van der Waals surface area contributed by atoms with Gasteiger partial charge in [0.1, 0.15) is 18.3 Å². The molecule has 0 aromatic heterocycles. The van der Waals surface area contributed by atoms with Crippen molar-refractivity contribution < 1.29 is 22.7 Å². The van der Waals surface area contributed by atoms with Gasteiger partial charge in [-0.3, -0.25) is 13.9 Å². The van der Waals surface area contributed by atoms with E-state index in [1.54, 1.807) is 25.1 Å². The summed E-state index contributed by atoms with van der Waals surface area (Å²) in [4.78, 5) is 28.4. The Balaban J connectivity index is 2.05. The first-order valence-electron chi connectivity index (χ1n) is 12.6. The molecule has 0 fully saturated rings. The number of halogens is 3. The first-order chi connectivity index (χ1) is 19.1. The number of sulfonamides is 1. The molecule has 0 unspecified atom stereocenters. The first-order valence-corrected chi connectivity index (χ1v) is 15.2. The lowest BCUT2D eigenvalue weighted by Crippen LogP contribution is -2.54. The maximum Gasteiger partial charge on any atom is 0.264 e. The molecule has 0 heterocycles. The highest BCUT2D eigenvalue weighted by Gasteiger charge is 2.33.